The molecule has 14 heteroatoms. The molecule has 1 rings (SSSR count). The van der Waals surface area contributed by atoms with Gasteiger partial charge in [0.25, 0.3) is 0 Å². The van der Waals surface area contributed by atoms with Gasteiger partial charge in [-0.1, -0.05) is 32.6 Å². The molecule has 0 radical (unpaired) electrons. The molecule has 0 amide bonds. The van der Waals surface area contributed by atoms with Crippen molar-refractivity contribution in [3.05, 3.63) is 30.1 Å². The largest absolute Gasteiger partial charge is 0.743 e. The number of pyridine rings is 1. The SMILES string of the molecule is CCCCCCCC[n+]1ccc(C)cc1.O=S(=O)([O-])C(F)(F)C(F)(F)C(F)(F)C(F)(F)F. The van der Waals surface area contributed by atoms with Crippen molar-refractivity contribution in [3.8, 4) is 0 Å². The van der Waals surface area contributed by atoms with E-state index in [1.807, 2.05) is 0 Å². The summed E-state index contributed by atoms with van der Waals surface area (Å²) in [5, 5.41) is -7.11. The van der Waals surface area contributed by atoms with E-state index >= 15 is 0 Å². The van der Waals surface area contributed by atoms with Crippen LogP contribution in [0.5, 0.6) is 0 Å². The molecule has 0 N–H and O–H groups in total. The summed E-state index contributed by atoms with van der Waals surface area (Å²) in [5.74, 6) is -14.8. The first-order valence-electron chi connectivity index (χ1n) is 9.44. The molecular weight excluding hydrogens is 481 g/mol. The topological polar surface area (TPSA) is 61.1 Å². The summed E-state index contributed by atoms with van der Waals surface area (Å²) in [6.45, 7) is 5.57. The van der Waals surface area contributed by atoms with Gasteiger partial charge >= 0.3 is 23.3 Å². The summed E-state index contributed by atoms with van der Waals surface area (Å²) in [6.07, 6.45) is 5.45. The Morgan fingerprint density at radius 1 is 0.812 bits per heavy atom. The zero-order chi connectivity index (χ0) is 25.4. The van der Waals surface area contributed by atoms with E-state index in [-0.39, 0.29) is 0 Å². The first kappa shape index (κ1) is 30.4. The quantitative estimate of drug-likeness (QED) is 0.180. The Kier molecular flexibility index (Phi) is 11.0. The highest BCUT2D eigenvalue weighted by Crippen LogP contribution is 2.54. The molecule has 32 heavy (non-hydrogen) atoms. The smallest absolute Gasteiger partial charge is 0.460 e. The van der Waals surface area contributed by atoms with Crippen LogP contribution in [0.3, 0.4) is 0 Å². The van der Waals surface area contributed by atoms with E-state index < -0.39 is 33.4 Å². The van der Waals surface area contributed by atoms with Crippen molar-refractivity contribution >= 4 is 10.1 Å². The number of aryl methyl sites for hydroxylation is 2. The maximum atomic E-state index is 12.2. The van der Waals surface area contributed by atoms with Gasteiger partial charge in [0.2, 0.25) is 0 Å². The van der Waals surface area contributed by atoms with Crippen molar-refractivity contribution in [1.29, 1.82) is 0 Å². The lowest BCUT2D eigenvalue weighted by atomic mass is 10.1. The third kappa shape index (κ3) is 7.78. The minimum absolute atomic E-state index is 1.17. The summed E-state index contributed by atoms with van der Waals surface area (Å²) in [6, 6.07) is 4.36. The highest BCUT2D eigenvalue weighted by Gasteiger charge is 2.83. The molecule has 0 saturated heterocycles. The van der Waals surface area contributed by atoms with E-state index in [0.717, 1.165) is 0 Å². The third-order valence-corrected chi connectivity index (χ3v) is 5.14. The van der Waals surface area contributed by atoms with E-state index in [4.69, 9.17) is 0 Å². The minimum Gasteiger partial charge on any atom is -0.743 e. The maximum Gasteiger partial charge on any atom is 0.460 e. The molecule has 0 saturated carbocycles. The molecule has 0 aliphatic heterocycles. The number of aromatic nitrogens is 1. The molecule has 0 aromatic carbocycles. The van der Waals surface area contributed by atoms with Gasteiger partial charge in [-0.3, -0.25) is 0 Å². The zero-order valence-corrected chi connectivity index (χ0v) is 18.1. The van der Waals surface area contributed by atoms with Crippen LogP contribution in [0.25, 0.3) is 0 Å². The number of alkyl halides is 9. The fourth-order valence-corrected chi connectivity index (χ4v) is 2.72. The lowest BCUT2D eigenvalue weighted by Gasteiger charge is -2.34. The Hall–Kier alpha value is -1.57. The molecule has 0 atom stereocenters. The Balaban J connectivity index is 0.000000604. The number of rotatable bonds is 10. The summed E-state index contributed by atoms with van der Waals surface area (Å²) >= 11 is 0. The fraction of sp³-hybridized carbons (Fsp3) is 0.722. The van der Waals surface area contributed by atoms with Crippen LogP contribution in [-0.2, 0) is 16.7 Å². The number of nitrogens with zero attached hydrogens (tertiary/aromatic N) is 1. The highest BCUT2D eigenvalue weighted by molar-refractivity contribution is 7.86. The van der Waals surface area contributed by atoms with E-state index in [2.05, 4.69) is 42.9 Å². The monoisotopic (exact) mass is 505 g/mol. The van der Waals surface area contributed by atoms with E-state index in [1.165, 1.54) is 50.6 Å². The molecule has 1 aromatic heterocycles. The van der Waals surface area contributed by atoms with Gasteiger partial charge < -0.3 is 4.55 Å². The van der Waals surface area contributed by atoms with E-state index in [1.54, 1.807) is 0 Å². The summed E-state index contributed by atoms with van der Waals surface area (Å²) < 4.78 is 138. The molecule has 0 spiro atoms. The predicted octanol–water partition coefficient (Wildman–Crippen LogP) is 5.60. The fourth-order valence-electron chi connectivity index (χ4n) is 2.27. The van der Waals surface area contributed by atoms with Gasteiger partial charge in [0, 0.05) is 18.6 Å². The van der Waals surface area contributed by atoms with Crippen LogP contribution in [0.1, 0.15) is 51.0 Å². The van der Waals surface area contributed by atoms with Crippen LogP contribution in [0.15, 0.2) is 24.5 Å². The summed E-state index contributed by atoms with van der Waals surface area (Å²) in [5.41, 5.74) is 1.34. The van der Waals surface area contributed by atoms with Gasteiger partial charge in [0.05, 0.1) is 0 Å². The van der Waals surface area contributed by atoms with Crippen LogP contribution < -0.4 is 4.57 Å². The molecule has 4 nitrogen and oxygen atoms in total. The molecule has 0 unspecified atom stereocenters. The second kappa shape index (κ2) is 11.5. The van der Waals surface area contributed by atoms with Crippen LogP contribution in [-0.4, -0.2) is 36.2 Å². The zero-order valence-electron chi connectivity index (χ0n) is 17.2. The molecule has 0 fully saturated rings. The Bertz CT molecular complexity index is 795. The molecule has 0 aliphatic rings. The van der Waals surface area contributed by atoms with Gasteiger partial charge in [-0.05, 0) is 18.9 Å². The molecule has 0 bridgehead atoms. The van der Waals surface area contributed by atoms with E-state index in [0.29, 0.717) is 0 Å². The number of unbranched alkanes of at least 4 members (excludes halogenated alkanes) is 5. The van der Waals surface area contributed by atoms with Crippen LogP contribution >= 0.6 is 0 Å². The van der Waals surface area contributed by atoms with Gasteiger partial charge in [0.15, 0.2) is 22.5 Å². The lowest BCUT2D eigenvalue weighted by molar-refractivity contribution is -0.697. The molecular formula is C18H24F9NO3S. The molecule has 188 valence electrons. The Morgan fingerprint density at radius 3 is 1.66 bits per heavy atom. The van der Waals surface area contributed by atoms with Crippen molar-refractivity contribution in [2.75, 3.05) is 0 Å². The van der Waals surface area contributed by atoms with Gasteiger partial charge in [-0.15, -0.1) is 0 Å². The number of halogens is 9. The van der Waals surface area contributed by atoms with Gasteiger partial charge in [-0.25, -0.2) is 13.0 Å². The average Bonchev–Trinajstić information content (AvgIpc) is 2.64. The van der Waals surface area contributed by atoms with Crippen molar-refractivity contribution in [3.63, 3.8) is 0 Å². The Labute approximate surface area is 180 Å². The first-order chi connectivity index (χ1) is 14.3. The van der Waals surface area contributed by atoms with Crippen molar-refractivity contribution in [2.24, 2.45) is 0 Å². The van der Waals surface area contributed by atoms with Gasteiger partial charge in [0.1, 0.15) is 6.54 Å². The first-order valence-corrected chi connectivity index (χ1v) is 10.8. The lowest BCUT2D eigenvalue weighted by Crippen LogP contribution is -2.63. The minimum atomic E-state index is -7.43. The normalized spacial score (nSPS) is 13.5. The second-order valence-corrected chi connectivity index (χ2v) is 8.42. The van der Waals surface area contributed by atoms with Crippen molar-refractivity contribution < 1.29 is 57.1 Å². The van der Waals surface area contributed by atoms with Gasteiger partial charge in [-0.2, -0.15) is 39.5 Å². The Morgan fingerprint density at radius 2 is 1.25 bits per heavy atom. The number of hydrogen-bond acceptors (Lipinski definition) is 3. The van der Waals surface area contributed by atoms with Crippen molar-refractivity contribution in [1.82, 2.24) is 0 Å². The van der Waals surface area contributed by atoms with Crippen LogP contribution in [0, 0.1) is 6.92 Å². The molecule has 1 heterocycles. The van der Waals surface area contributed by atoms with Crippen molar-refractivity contribution in [2.45, 2.75) is 82.2 Å². The average molecular weight is 505 g/mol. The number of hydrogen-bond donors (Lipinski definition) is 0. The third-order valence-electron chi connectivity index (χ3n) is 4.26. The molecule has 1 aromatic rings. The summed E-state index contributed by atoms with van der Waals surface area (Å²) in [7, 11) is -7.42. The standard InChI is InChI=1S/C14H24N.C4HF9O3S/c1-3-4-5-6-7-8-11-15-12-9-14(2)10-13-15;5-1(6,3(9,10)11)2(7,8)4(12,13)17(14,15)16/h9-10,12-13H,3-8,11H2,1-2H3;(H,14,15,16)/q+1;/p-1. The highest BCUT2D eigenvalue weighted by atomic mass is 32.2. The van der Waals surface area contributed by atoms with E-state index in [9.17, 15) is 52.5 Å². The maximum absolute atomic E-state index is 12.2. The van der Waals surface area contributed by atoms with Crippen LogP contribution in [0.2, 0.25) is 0 Å². The van der Waals surface area contributed by atoms with Crippen LogP contribution in [0.4, 0.5) is 39.5 Å². The predicted molar refractivity (Wildman–Crippen MR) is 95.3 cm³/mol. The second-order valence-electron chi connectivity index (χ2n) is 7.00. The summed E-state index contributed by atoms with van der Waals surface area (Å²) in [4.78, 5) is 0. The molecule has 0 aliphatic carbocycles.